The smallest absolute Gasteiger partial charge is 0.302 e. The molecule has 0 saturated carbocycles. The topological polar surface area (TPSA) is 189 Å². The van der Waals surface area contributed by atoms with Crippen LogP contribution in [0.15, 0.2) is 24.3 Å². The van der Waals surface area contributed by atoms with E-state index in [1.54, 1.807) is 58.9 Å². The first-order valence-corrected chi connectivity index (χ1v) is 17.3. The van der Waals surface area contributed by atoms with Crippen LogP contribution in [0.5, 0.6) is 0 Å². The highest BCUT2D eigenvalue weighted by molar-refractivity contribution is 6.03. The van der Waals surface area contributed by atoms with Crippen LogP contribution in [0, 0.1) is 17.3 Å². The van der Waals surface area contributed by atoms with Crippen molar-refractivity contribution in [2.75, 3.05) is 31.6 Å². The maximum absolute atomic E-state index is 13.2. The zero-order valence-corrected chi connectivity index (χ0v) is 31.1. The van der Waals surface area contributed by atoms with Gasteiger partial charge in [0.15, 0.2) is 0 Å². The molecule has 280 valence electrons. The standard InChI is InChI=1S/C34H51N5O9.C2H6/c1-21(2)30(31(44)36-19-28(42)37-26-10-8-25(9-11-26)20-48-24(5)40)38-33(46)34(6,7)14-17-47-23(4)12-15-35-27(41)13-16-39-29(43)18-22(3)32(39)45;1-2/h8-11,21-23,30H,12-20H2,1-7H3,(H,35,41)(H,36,44)(H,37,42)(H,38,46);1-2H3. The van der Waals surface area contributed by atoms with Gasteiger partial charge in [0, 0.05) is 56.5 Å². The first-order chi connectivity index (χ1) is 23.5. The zero-order chi connectivity index (χ0) is 38.0. The zero-order valence-electron chi connectivity index (χ0n) is 31.1. The van der Waals surface area contributed by atoms with Crippen LogP contribution in [0.1, 0.15) is 93.6 Å². The van der Waals surface area contributed by atoms with Crippen molar-refractivity contribution in [2.45, 2.75) is 107 Å². The van der Waals surface area contributed by atoms with E-state index in [0.29, 0.717) is 25.1 Å². The molecule has 0 spiro atoms. The number of imide groups is 1. The van der Waals surface area contributed by atoms with Crippen LogP contribution in [-0.4, -0.2) is 84.7 Å². The molecule has 1 fully saturated rings. The summed E-state index contributed by atoms with van der Waals surface area (Å²) >= 11 is 0. The second-order valence-electron chi connectivity index (χ2n) is 13.1. The Morgan fingerprint density at radius 1 is 0.980 bits per heavy atom. The van der Waals surface area contributed by atoms with Crippen LogP contribution >= 0.6 is 0 Å². The lowest BCUT2D eigenvalue weighted by Gasteiger charge is -2.29. The number of hydrogen-bond acceptors (Lipinski definition) is 9. The number of nitrogens with zero attached hydrogens (tertiary/aromatic N) is 1. The highest BCUT2D eigenvalue weighted by Crippen LogP contribution is 2.22. The van der Waals surface area contributed by atoms with Crippen LogP contribution in [0.2, 0.25) is 0 Å². The minimum Gasteiger partial charge on any atom is -0.461 e. The van der Waals surface area contributed by atoms with Gasteiger partial charge in [-0.1, -0.05) is 60.6 Å². The second kappa shape index (κ2) is 21.7. The monoisotopic (exact) mass is 703 g/mol. The van der Waals surface area contributed by atoms with Crippen LogP contribution in [0.3, 0.4) is 0 Å². The SMILES string of the molecule is CC.CC(=O)OCc1ccc(NC(=O)CNC(=O)C(NC(=O)C(C)(C)CCOC(C)CCNC(=O)CCN2C(=O)CC(C)C2=O)C(C)C)cc1. The quantitative estimate of drug-likeness (QED) is 0.124. The van der Waals surface area contributed by atoms with E-state index in [9.17, 15) is 33.6 Å². The summed E-state index contributed by atoms with van der Waals surface area (Å²) in [5.41, 5.74) is 0.414. The molecule has 3 atom stereocenters. The highest BCUT2D eigenvalue weighted by Gasteiger charge is 2.35. The van der Waals surface area contributed by atoms with E-state index in [4.69, 9.17) is 9.47 Å². The largest absolute Gasteiger partial charge is 0.461 e. The number of benzene rings is 1. The Morgan fingerprint density at radius 2 is 1.62 bits per heavy atom. The summed E-state index contributed by atoms with van der Waals surface area (Å²) in [6.07, 6.45) is 0.927. The molecule has 50 heavy (non-hydrogen) atoms. The normalized spacial score (nSPS) is 15.4. The molecule has 0 radical (unpaired) electrons. The maximum atomic E-state index is 13.2. The molecular formula is C36H57N5O9. The van der Waals surface area contributed by atoms with Crippen LogP contribution < -0.4 is 21.3 Å². The molecule has 1 aromatic rings. The van der Waals surface area contributed by atoms with Gasteiger partial charge >= 0.3 is 5.97 Å². The van der Waals surface area contributed by atoms with Gasteiger partial charge in [0.1, 0.15) is 12.6 Å². The molecule has 1 aliphatic rings. The lowest BCUT2D eigenvalue weighted by molar-refractivity contribution is -0.142. The summed E-state index contributed by atoms with van der Waals surface area (Å²) in [5.74, 6) is -2.98. The number of hydrogen-bond donors (Lipinski definition) is 4. The Kier molecular flexibility index (Phi) is 19.0. The van der Waals surface area contributed by atoms with Gasteiger partial charge in [0.2, 0.25) is 35.4 Å². The molecule has 3 unspecified atom stereocenters. The van der Waals surface area contributed by atoms with Gasteiger partial charge in [-0.2, -0.15) is 0 Å². The van der Waals surface area contributed by atoms with Gasteiger partial charge in [-0.3, -0.25) is 38.5 Å². The summed E-state index contributed by atoms with van der Waals surface area (Å²) in [5, 5.41) is 10.9. The average Bonchev–Trinajstić information content (AvgIpc) is 3.30. The second-order valence-corrected chi connectivity index (χ2v) is 13.1. The molecule has 1 aliphatic heterocycles. The lowest BCUT2D eigenvalue weighted by atomic mass is 9.87. The number of amides is 6. The fourth-order valence-electron chi connectivity index (χ4n) is 4.74. The lowest BCUT2D eigenvalue weighted by Crippen LogP contribution is -2.53. The van der Waals surface area contributed by atoms with E-state index in [1.807, 2.05) is 20.8 Å². The van der Waals surface area contributed by atoms with Crippen molar-refractivity contribution in [3.8, 4) is 0 Å². The summed E-state index contributed by atoms with van der Waals surface area (Å²) in [6, 6.07) is 5.88. The fourth-order valence-corrected chi connectivity index (χ4v) is 4.74. The number of likely N-dealkylation sites (tertiary alicyclic amines) is 1. The molecule has 1 aromatic carbocycles. The van der Waals surface area contributed by atoms with E-state index >= 15 is 0 Å². The number of ether oxygens (including phenoxy) is 2. The van der Waals surface area contributed by atoms with Gasteiger partial charge in [0.05, 0.1) is 12.6 Å². The van der Waals surface area contributed by atoms with Crippen molar-refractivity contribution in [1.29, 1.82) is 0 Å². The third-order valence-corrected chi connectivity index (χ3v) is 7.99. The van der Waals surface area contributed by atoms with Gasteiger partial charge in [-0.05, 0) is 43.4 Å². The molecular weight excluding hydrogens is 646 g/mol. The molecule has 14 nitrogen and oxygen atoms in total. The van der Waals surface area contributed by atoms with E-state index in [2.05, 4.69) is 21.3 Å². The van der Waals surface area contributed by atoms with E-state index in [0.717, 1.165) is 10.5 Å². The Labute approximate surface area is 296 Å². The minimum atomic E-state index is -0.862. The van der Waals surface area contributed by atoms with Crippen LogP contribution in [0.4, 0.5) is 5.69 Å². The van der Waals surface area contributed by atoms with Gasteiger partial charge < -0.3 is 30.7 Å². The number of carbonyl (C=O) groups is 7. The predicted octanol–water partition coefficient (Wildman–Crippen LogP) is 3.08. The minimum absolute atomic E-state index is 0.0427. The van der Waals surface area contributed by atoms with E-state index in [1.165, 1.54) is 6.92 Å². The maximum Gasteiger partial charge on any atom is 0.302 e. The molecule has 4 N–H and O–H groups in total. The van der Waals surface area contributed by atoms with E-state index < -0.39 is 23.3 Å². The van der Waals surface area contributed by atoms with Crippen molar-refractivity contribution in [3.63, 3.8) is 0 Å². The van der Waals surface area contributed by atoms with Crippen molar-refractivity contribution in [3.05, 3.63) is 29.8 Å². The summed E-state index contributed by atoms with van der Waals surface area (Å²) in [7, 11) is 0. The predicted molar refractivity (Wildman–Crippen MR) is 188 cm³/mol. The molecule has 0 aromatic heterocycles. The highest BCUT2D eigenvalue weighted by atomic mass is 16.5. The number of nitrogens with one attached hydrogen (secondary N) is 4. The van der Waals surface area contributed by atoms with Gasteiger partial charge in [-0.25, -0.2) is 0 Å². The molecule has 14 heteroatoms. The average molecular weight is 704 g/mol. The molecule has 0 aliphatic carbocycles. The van der Waals surface area contributed by atoms with Crippen molar-refractivity contribution >= 4 is 47.1 Å². The third kappa shape index (κ3) is 15.5. The van der Waals surface area contributed by atoms with Crippen molar-refractivity contribution < 1.29 is 43.0 Å². The Hall–Kier alpha value is -4.33. The molecule has 1 heterocycles. The van der Waals surface area contributed by atoms with Crippen molar-refractivity contribution in [2.24, 2.45) is 17.3 Å². The Balaban J connectivity index is 0.00000613. The number of rotatable bonds is 19. The van der Waals surface area contributed by atoms with Crippen molar-refractivity contribution in [1.82, 2.24) is 20.9 Å². The third-order valence-electron chi connectivity index (χ3n) is 7.99. The number of esters is 1. The summed E-state index contributed by atoms with van der Waals surface area (Å²) in [4.78, 5) is 86.7. The first kappa shape index (κ1) is 43.7. The Bertz CT molecular complexity index is 1310. The first-order valence-electron chi connectivity index (χ1n) is 17.3. The molecule has 2 rings (SSSR count). The van der Waals surface area contributed by atoms with Crippen LogP contribution in [-0.2, 0) is 49.6 Å². The Morgan fingerprint density at radius 3 is 2.18 bits per heavy atom. The molecule has 0 bridgehead atoms. The number of carbonyl (C=O) groups excluding carboxylic acids is 7. The van der Waals surface area contributed by atoms with Crippen LogP contribution in [0.25, 0.3) is 0 Å². The molecule has 6 amide bonds. The fraction of sp³-hybridized carbons (Fsp3) is 0.639. The van der Waals surface area contributed by atoms with Gasteiger partial charge in [-0.15, -0.1) is 0 Å². The van der Waals surface area contributed by atoms with E-state index in [-0.39, 0.29) is 86.7 Å². The summed E-state index contributed by atoms with van der Waals surface area (Å²) < 4.78 is 10.8. The molecule has 1 saturated heterocycles. The number of anilines is 1. The van der Waals surface area contributed by atoms with Gasteiger partial charge in [0.25, 0.3) is 0 Å². The summed E-state index contributed by atoms with van der Waals surface area (Å²) in [6.45, 7) is 16.5.